The van der Waals surface area contributed by atoms with Crippen LogP contribution in [0, 0.1) is 5.41 Å². The van der Waals surface area contributed by atoms with Gasteiger partial charge in [0.05, 0.1) is 4.90 Å². The summed E-state index contributed by atoms with van der Waals surface area (Å²) in [6.45, 7) is 2.70. The second-order valence-electron chi connectivity index (χ2n) is 5.08. The minimum absolute atomic E-state index is 0.0977. The smallest absolute Gasteiger partial charge is 0.262 e. The third-order valence-electron chi connectivity index (χ3n) is 3.24. The monoisotopic (exact) mass is 365 g/mol. The van der Waals surface area contributed by atoms with E-state index in [0.717, 1.165) is 12.8 Å². The predicted molar refractivity (Wildman–Crippen MR) is 76.9 cm³/mol. The maximum absolute atomic E-state index is 11.9. The van der Waals surface area contributed by atoms with Crippen LogP contribution < -0.4 is 5.32 Å². The molecule has 0 heterocycles. The molecule has 104 valence electrons. The number of halogens is 2. The van der Waals surface area contributed by atoms with Gasteiger partial charge in [-0.3, -0.25) is 4.79 Å². The Morgan fingerprint density at radius 2 is 2.11 bits per heavy atom. The number of benzene rings is 1. The van der Waals surface area contributed by atoms with E-state index in [0.29, 0.717) is 11.0 Å². The molecule has 1 saturated carbocycles. The highest BCUT2D eigenvalue weighted by Gasteiger charge is 2.37. The van der Waals surface area contributed by atoms with Crippen molar-refractivity contribution in [3.8, 4) is 0 Å². The lowest BCUT2D eigenvalue weighted by molar-refractivity contribution is 0.0946. The van der Waals surface area contributed by atoms with Crippen molar-refractivity contribution in [3.63, 3.8) is 0 Å². The van der Waals surface area contributed by atoms with Gasteiger partial charge in [0.25, 0.3) is 15.0 Å². The zero-order valence-electron chi connectivity index (χ0n) is 10.2. The van der Waals surface area contributed by atoms with Crippen molar-refractivity contribution in [3.05, 3.63) is 28.2 Å². The van der Waals surface area contributed by atoms with E-state index in [2.05, 4.69) is 28.2 Å². The molecule has 7 heteroatoms. The molecule has 0 saturated heterocycles. The van der Waals surface area contributed by atoms with E-state index in [4.69, 9.17) is 10.7 Å². The van der Waals surface area contributed by atoms with Gasteiger partial charge in [-0.05, 0) is 52.4 Å². The lowest BCUT2D eigenvalue weighted by atomic mass is 10.1. The van der Waals surface area contributed by atoms with Crippen LogP contribution in [0.5, 0.6) is 0 Å². The van der Waals surface area contributed by atoms with Gasteiger partial charge in [0.15, 0.2) is 0 Å². The standard InChI is InChI=1S/C12H13BrClNO3S/c1-12(4-5-12)7-15-11(16)8-2-3-9(13)10(6-8)19(14,17)18/h2-3,6H,4-5,7H2,1H3,(H,15,16). The van der Waals surface area contributed by atoms with Gasteiger partial charge in [0.1, 0.15) is 0 Å². The van der Waals surface area contributed by atoms with Gasteiger partial charge in [-0.1, -0.05) is 6.92 Å². The minimum atomic E-state index is -3.88. The van der Waals surface area contributed by atoms with E-state index in [1.807, 2.05) is 0 Å². The van der Waals surface area contributed by atoms with Crippen LogP contribution in [-0.2, 0) is 9.05 Å². The van der Waals surface area contributed by atoms with Gasteiger partial charge in [0.2, 0.25) is 0 Å². The van der Waals surface area contributed by atoms with E-state index in [1.54, 1.807) is 6.07 Å². The number of amides is 1. The van der Waals surface area contributed by atoms with Crippen LogP contribution in [0.4, 0.5) is 0 Å². The predicted octanol–water partition coefficient (Wildman–Crippen LogP) is 2.91. The Bertz CT molecular complexity index is 626. The van der Waals surface area contributed by atoms with Crippen LogP contribution in [-0.4, -0.2) is 20.9 Å². The molecule has 0 radical (unpaired) electrons. The van der Waals surface area contributed by atoms with E-state index >= 15 is 0 Å². The summed E-state index contributed by atoms with van der Waals surface area (Å²) < 4.78 is 23.1. The molecule has 1 aromatic carbocycles. The van der Waals surface area contributed by atoms with Crippen LogP contribution in [0.2, 0.25) is 0 Å². The molecule has 1 N–H and O–H groups in total. The van der Waals surface area contributed by atoms with Crippen molar-refractivity contribution >= 4 is 41.6 Å². The molecule has 0 bridgehead atoms. The van der Waals surface area contributed by atoms with Crippen LogP contribution in [0.3, 0.4) is 0 Å². The van der Waals surface area contributed by atoms with E-state index in [1.165, 1.54) is 12.1 Å². The zero-order valence-corrected chi connectivity index (χ0v) is 13.4. The Kier molecular flexibility index (Phi) is 3.95. The molecule has 0 aromatic heterocycles. The largest absolute Gasteiger partial charge is 0.351 e. The van der Waals surface area contributed by atoms with Crippen molar-refractivity contribution in [2.45, 2.75) is 24.7 Å². The molecule has 2 rings (SSSR count). The second-order valence-corrected chi connectivity index (χ2v) is 8.47. The van der Waals surface area contributed by atoms with Crippen molar-refractivity contribution < 1.29 is 13.2 Å². The average molecular weight is 367 g/mol. The van der Waals surface area contributed by atoms with E-state index in [-0.39, 0.29) is 21.8 Å². The first-order valence-corrected chi connectivity index (χ1v) is 8.84. The Hall–Kier alpha value is -0.590. The highest BCUT2D eigenvalue weighted by atomic mass is 79.9. The Morgan fingerprint density at radius 1 is 1.47 bits per heavy atom. The molecule has 1 aliphatic rings. The second kappa shape index (κ2) is 5.07. The molecule has 0 spiro atoms. The number of carbonyl (C=O) groups excluding carboxylic acids is 1. The SMILES string of the molecule is CC1(CNC(=O)c2ccc(Br)c(S(=O)(=O)Cl)c2)CC1. The first-order valence-electron chi connectivity index (χ1n) is 5.74. The topological polar surface area (TPSA) is 63.2 Å². The summed E-state index contributed by atoms with van der Waals surface area (Å²) in [6, 6.07) is 4.33. The molecule has 0 aliphatic heterocycles. The van der Waals surface area contributed by atoms with Gasteiger partial charge < -0.3 is 5.32 Å². The van der Waals surface area contributed by atoms with Crippen LogP contribution in [0.1, 0.15) is 30.1 Å². The summed E-state index contributed by atoms with van der Waals surface area (Å²) in [5, 5.41) is 2.81. The highest BCUT2D eigenvalue weighted by Crippen LogP contribution is 2.44. The normalized spacial score (nSPS) is 17.0. The van der Waals surface area contributed by atoms with Crippen molar-refractivity contribution in [2.24, 2.45) is 5.41 Å². The third kappa shape index (κ3) is 3.70. The molecule has 1 amide bonds. The molecule has 0 unspecified atom stereocenters. The van der Waals surface area contributed by atoms with Crippen LogP contribution in [0.25, 0.3) is 0 Å². The summed E-state index contributed by atoms with van der Waals surface area (Å²) in [5.74, 6) is -0.290. The van der Waals surface area contributed by atoms with Gasteiger partial charge in [-0.2, -0.15) is 0 Å². The fourth-order valence-electron chi connectivity index (χ4n) is 1.62. The number of rotatable bonds is 4. The summed E-state index contributed by atoms with van der Waals surface area (Å²) in [6.07, 6.45) is 2.21. The van der Waals surface area contributed by atoms with Gasteiger partial charge in [0, 0.05) is 27.3 Å². The fraction of sp³-hybridized carbons (Fsp3) is 0.417. The Morgan fingerprint density at radius 3 is 2.63 bits per heavy atom. The molecular weight excluding hydrogens is 354 g/mol. The van der Waals surface area contributed by atoms with E-state index in [9.17, 15) is 13.2 Å². The van der Waals surface area contributed by atoms with Gasteiger partial charge in [-0.15, -0.1) is 0 Å². The Labute approximate surface area is 125 Å². The molecule has 1 aromatic rings. The number of hydrogen-bond acceptors (Lipinski definition) is 3. The van der Waals surface area contributed by atoms with Crippen molar-refractivity contribution in [1.82, 2.24) is 5.32 Å². The summed E-state index contributed by atoms with van der Waals surface area (Å²) in [7, 11) is 1.44. The summed E-state index contributed by atoms with van der Waals surface area (Å²) >= 11 is 3.10. The Balaban J connectivity index is 2.18. The van der Waals surface area contributed by atoms with E-state index < -0.39 is 9.05 Å². The number of nitrogens with one attached hydrogen (secondary N) is 1. The van der Waals surface area contributed by atoms with Crippen molar-refractivity contribution in [2.75, 3.05) is 6.54 Å². The maximum atomic E-state index is 11.9. The first kappa shape index (κ1) is 14.8. The van der Waals surface area contributed by atoms with Crippen LogP contribution >= 0.6 is 26.6 Å². The lowest BCUT2D eigenvalue weighted by Crippen LogP contribution is -2.29. The average Bonchev–Trinajstić information content (AvgIpc) is 3.04. The highest BCUT2D eigenvalue weighted by molar-refractivity contribution is 9.10. The fourth-order valence-corrected chi connectivity index (χ4v) is 3.73. The molecule has 1 aliphatic carbocycles. The van der Waals surface area contributed by atoms with Gasteiger partial charge in [-0.25, -0.2) is 8.42 Å². The summed E-state index contributed by atoms with van der Waals surface area (Å²) in [5.41, 5.74) is 0.485. The third-order valence-corrected chi connectivity index (χ3v) is 5.55. The van der Waals surface area contributed by atoms with Crippen LogP contribution in [0.15, 0.2) is 27.6 Å². The quantitative estimate of drug-likeness (QED) is 0.833. The summed E-state index contributed by atoms with van der Waals surface area (Å²) in [4.78, 5) is 11.8. The molecular formula is C12H13BrClNO3S. The molecule has 1 fully saturated rings. The minimum Gasteiger partial charge on any atom is -0.351 e. The number of carbonyl (C=O) groups is 1. The molecule has 4 nitrogen and oxygen atoms in total. The molecule has 0 atom stereocenters. The first-order chi connectivity index (χ1) is 8.71. The van der Waals surface area contributed by atoms with Gasteiger partial charge >= 0.3 is 0 Å². The molecule has 19 heavy (non-hydrogen) atoms. The lowest BCUT2D eigenvalue weighted by Gasteiger charge is -2.10. The number of hydrogen-bond donors (Lipinski definition) is 1. The maximum Gasteiger partial charge on any atom is 0.262 e. The van der Waals surface area contributed by atoms with Crippen molar-refractivity contribution in [1.29, 1.82) is 0 Å². The zero-order chi connectivity index (χ0) is 14.3.